The van der Waals surface area contributed by atoms with Gasteiger partial charge >= 0.3 is 13.3 Å². The molecule has 0 spiro atoms. The normalized spacial score (nSPS) is 11.5. The van der Waals surface area contributed by atoms with Gasteiger partial charge in [0.15, 0.2) is 0 Å². The summed E-state index contributed by atoms with van der Waals surface area (Å²) in [6.45, 7) is 0. The Labute approximate surface area is 133 Å². The van der Waals surface area contributed by atoms with Crippen molar-refractivity contribution in [1.82, 2.24) is 15.2 Å². The molecule has 2 aromatic heterocycles. The highest BCUT2D eigenvalue weighted by atomic mass is 19.4. The zero-order chi connectivity index (χ0) is 17.3. The number of nitrogens with zero attached hydrogens (tertiary/aromatic N) is 3. The standard InChI is InChI=1S/C14H9BF3N3O3/c16-14(17,18)11-6-3-9(7-19-11)13-21-20-12(24-13)8-1-4-10(5-2-8)15(22)23/h1-7,22-23H. The second-order valence-corrected chi connectivity index (χ2v) is 4.84. The highest BCUT2D eigenvalue weighted by molar-refractivity contribution is 6.58. The molecule has 0 fully saturated rings. The predicted octanol–water partition coefficient (Wildman–Crippen LogP) is 1.50. The number of rotatable bonds is 3. The molecule has 2 N–H and O–H groups in total. The molecule has 122 valence electrons. The lowest BCUT2D eigenvalue weighted by Gasteiger charge is -2.04. The van der Waals surface area contributed by atoms with Crippen LogP contribution >= 0.6 is 0 Å². The van der Waals surface area contributed by atoms with Crippen molar-refractivity contribution in [1.29, 1.82) is 0 Å². The van der Waals surface area contributed by atoms with Crippen molar-refractivity contribution in [2.45, 2.75) is 6.18 Å². The van der Waals surface area contributed by atoms with Crippen molar-refractivity contribution < 1.29 is 27.6 Å². The number of halogens is 3. The van der Waals surface area contributed by atoms with Crippen LogP contribution in [-0.2, 0) is 6.18 Å². The molecule has 0 radical (unpaired) electrons. The lowest BCUT2D eigenvalue weighted by molar-refractivity contribution is -0.141. The minimum Gasteiger partial charge on any atom is -0.423 e. The van der Waals surface area contributed by atoms with Crippen molar-refractivity contribution in [2.24, 2.45) is 0 Å². The first-order valence-electron chi connectivity index (χ1n) is 6.68. The van der Waals surface area contributed by atoms with Crippen LogP contribution < -0.4 is 5.46 Å². The van der Waals surface area contributed by atoms with Crippen LogP contribution in [0.2, 0.25) is 0 Å². The molecule has 0 saturated carbocycles. The fraction of sp³-hybridized carbons (Fsp3) is 0.0714. The van der Waals surface area contributed by atoms with E-state index in [-0.39, 0.29) is 17.3 Å². The first kappa shape index (κ1) is 16.2. The molecule has 0 unspecified atom stereocenters. The average molecular weight is 335 g/mol. The second-order valence-electron chi connectivity index (χ2n) is 4.84. The molecule has 0 saturated heterocycles. The molecular formula is C14H9BF3N3O3. The largest absolute Gasteiger partial charge is 0.488 e. The van der Waals surface area contributed by atoms with Gasteiger partial charge in [-0.25, -0.2) is 0 Å². The molecule has 24 heavy (non-hydrogen) atoms. The minimum absolute atomic E-state index is 0.0255. The number of aromatic nitrogens is 3. The van der Waals surface area contributed by atoms with E-state index >= 15 is 0 Å². The Balaban J connectivity index is 1.85. The molecule has 1 aromatic carbocycles. The molecule has 0 aliphatic carbocycles. The first-order valence-corrected chi connectivity index (χ1v) is 6.68. The fourth-order valence-corrected chi connectivity index (χ4v) is 1.94. The van der Waals surface area contributed by atoms with Gasteiger partial charge in [0.2, 0.25) is 11.8 Å². The Bertz CT molecular complexity index is 833. The summed E-state index contributed by atoms with van der Waals surface area (Å²) in [5.41, 5.74) is 0.0664. The van der Waals surface area contributed by atoms with E-state index in [1.165, 1.54) is 18.2 Å². The molecule has 0 aliphatic heterocycles. The second kappa shape index (κ2) is 6.06. The summed E-state index contributed by atoms with van der Waals surface area (Å²) in [5, 5.41) is 25.7. The van der Waals surface area contributed by atoms with Crippen molar-refractivity contribution in [3.8, 4) is 22.9 Å². The summed E-state index contributed by atoms with van der Waals surface area (Å²) >= 11 is 0. The van der Waals surface area contributed by atoms with Crippen LogP contribution in [0.4, 0.5) is 13.2 Å². The highest BCUT2D eigenvalue weighted by Gasteiger charge is 2.32. The summed E-state index contributed by atoms with van der Waals surface area (Å²) in [5.74, 6) is 0.168. The minimum atomic E-state index is -4.52. The maximum absolute atomic E-state index is 12.5. The van der Waals surface area contributed by atoms with Crippen molar-refractivity contribution >= 4 is 12.6 Å². The van der Waals surface area contributed by atoms with Gasteiger partial charge in [0.25, 0.3) is 0 Å². The molecule has 2 heterocycles. The summed E-state index contributed by atoms with van der Waals surface area (Å²) in [6, 6.07) is 8.08. The van der Waals surface area contributed by atoms with E-state index < -0.39 is 19.0 Å². The first-order chi connectivity index (χ1) is 11.3. The Kier molecular flexibility index (Phi) is 4.08. The zero-order valence-electron chi connectivity index (χ0n) is 11.9. The van der Waals surface area contributed by atoms with Crippen molar-refractivity contribution in [3.05, 3.63) is 48.3 Å². The number of hydrogen-bond donors (Lipinski definition) is 2. The average Bonchev–Trinajstić information content (AvgIpc) is 3.04. The van der Waals surface area contributed by atoms with E-state index in [0.29, 0.717) is 11.0 Å². The number of pyridine rings is 1. The molecule has 10 heteroatoms. The Morgan fingerprint density at radius 3 is 1.96 bits per heavy atom. The van der Waals surface area contributed by atoms with Gasteiger partial charge in [-0.15, -0.1) is 10.2 Å². The number of benzene rings is 1. The summed E-state index contributed by atoms with van der Waals surface area (Å²) in [7, 11) is -1.59. The van der Waals surface area contributed by atoms with E-state index in [2.05, 4.69) is 15.2 Å². The topological polar surface area (TPSA) is 92.3 Å². The van der Waals surface area contributed by atoms with Crippen LogP contribution in [0.3, 0.4) is 0 Å². The van der Waals surface area contributed by atoms with E-state index in [1.54, 1.807) is 12.1 Å². The van der Waals surface area contributed by atoms with Gasteiger partial charge in [-0.1, -0.05) is 12.1 Å². The van der Waals surface area contributed by atoms with Crippen LogP contribution in [0.15, 0.2) is 47.0 Å². The van der Waals surface area contributed by atoms with Gasteiger partial charge < -0.3 is 14.5 Å². The van der Waals surface area contributed by atoms with Crippen LogP contribution in [-0.4, -0.2) is 32.3 Å². The maximum Gasteiger partial charge on any atom is 0.488 e. The van der Waals surface area contributed by atoms with Gasteiger partial charge in [-0.2, -0.15) is 13.2 Å². The smallest absolute Gasteiger partial charge is 0.423 e. The lowest BCUT2D eigenvalue weighted by atomic mass is 9.80. The monoisotopic (exact) mass is 335 g/mol. The Morgan fingerprint density at radius 1 is 0.875 bits per heavy atom. The molecule has 6 nitrogen and oxygen atoms in total. The molecule has 3 aromatic rings. The lowest BCUT2D eigenvalue weighted by Crippen LogP contribution is -2.29. The summed E-state index contributed by atoms with van der Waals surface area (Å²) in [6.07, 6.45) is -3.51. The van der Waals surface area contributed by atoms with Gasteiger partial charge in [0, 0.05) is 11.8 Å². The van der Waals surface area contributed by atoms with Crippen molar-refractivity contribution in [2.75, 3.05) is 0 Å². The third-order valence-corrected chi connectivity index (χ3v) is 3.18. The van der Waals surface area contributed by atoms with Gasteiger partial charge in [0.1, 0.15) is 5.69 Å². The van der Waals surface area contributed by atoms with Crippen LogP contribution in [0.1, 0.15) is 5.69 Å². The van der Waals surface area contributed by atoms with E-state index in [1.807, 2.05) is 0 Å². The van der Waals surface area contributed by atoms with E-state index in [4.69, 9.17) is 14.5 Å². The molecule has 3 rings (SSSR count). The zero-order valence-corrected chi connectivity index (χ0v) is 11.9. The molecular weight excluding hydrogens is 326 g/mol. The summed E-state index contributed by atoms with van der Waals surface area (Å²) < 4.78 is 42.9. The Hall–Kier alpha value is -2.72. The number of alkyl halides is 3. The van der Waals surface area contributed by atoms with Crippen molar-refractivity contribution in [3.63, 3.8) is 0 Å². The van der Waals surface area contributed by atoms with Crippen LogP contribution in [0.25, 0.3) is 22.9 Å². The summed E-state index contributed by atoms with van der Waals surface area (Å²) in [4.78, 5) is 3.33. The Morgan fingerprint density at radius 2 is 1.46 bits per heavy atom. The highest BCUT2D eigenvalue weighted by Crippen LogP contribution is 2.29. The molecule has 0 atom stereocenters. The predicted molar refractivity (Wildman–Crippen MR) is 77.8 cm³/mol. The van der Waals surface area contributed by atoms with E-state index in [9.17, 15) is 13.2 Å². The molecule has 0 aliphatic rings. The van der Waals surface area contributed by atoms with E-state index in [0.717, 1.165) is 12.3 Å². The van der Waals surface area contributed by atoms with Crippen LogP contribution in [0, 0.1) is 0 Å². The maximum atomic E-state index is 12.5. The quantitative estimate of drug-likeness (QED) is 0.705. The molecule has 0 amide bonds. The SMILES string of the molecule is OB(O)c1ccc(-c2nnc(-c3ccc(C(F)(F)F)nc3)o2)cc1. The number of hydrogen-bond acceptors (Lipinski definition) is 6. The van der Waals surface area contributed by atoms with Gasteiger partial charge in [0.05, 0.1) is 5.56 Å². The third-order valence-electron chi connectivity index (χ3n) is 3.18. The third kappa shape index (κ3) is 3.29. The van der Waals surface area contributed by atoms with Gasteiger partial charge in [-0.05, 0) is 29.7 Å². The molecule has 0 bridgehead atoms. The van der Waals surface area contributed by atoms with Gasteiger partial charge in [-0.3, -0.25) is 4.98 Å². The van der Waals surface area contributed by atoms with Crippen LogP contribution in [0.5, 0.6) is 0 Å². The fourth-order valence-electron chi connectivity index (χ4n) is 1.94.